The highest BCUT2D eigenvalue weighted by Gasteiger charge is 2.27. The van der Waals surface area contributed by atoms with Crippen molar-refractivity contribution in [2.24, 2.45) is 13.0 Å². The molecule has 3 heteroatoms. The fraction of sp³-hybridized carbons (Fsp3) is 0.769. The van der Waals surface area contributed by atoms with Gasteiger partial charge in [-0.3, -0.25) is 0 Å². The van der Waals surface area contributed by atoms with Gasteiger partial charge in [0.25, 0.3) is 0 Å². The van der Waals surface area contributed by atoms with Crippen LogP contribution < -0.4 is 5.32 Å². The maximum Gasteiger partial charge on any atom is 0.109 e. The number of nitrogens with zero attached hydrogens (tertiary/aromatic N) is 2. The molecule has 1 unspecified atom stereocenters. The first-order valence-corrected chi connectivity index (χ1v) is 6.51. The molecule has 0 bridgehead atoms. The zero-order valence-corrected chi connectivity index (χ0v) is 10.4. The number of hydrogen-bond donors (Lipinski definition) is 1. The van der Waals surface area contributed by atoms with Crippen molar-refractivity contribution in [3.05, 3.63) is 18.2 Å². The van der Waals surface area contributed by atoms with Crippen LogP contribution in [-0.4, -0.2) is 22.1 Å². The summed E-state index contributed by atoms with van der Waals surface area (Å²) in [5.41, 5.74) is 0. The largest absolute Gasteiger partial charge is 0.338 e. The maximum atomic E-state index is 4.43. The third-order valence-electron chi connectivity index (χ3n) is 3.70. The highest BCUT2D eigenvalue weighted by Crippen LogP contribution is 2.30. The first-order valence-electron chi connectivity index (χ1n) is 6.51. The smallest absolute Gasteiger partial charge is 0.109 e. The summed E-state index contributed by atoms with van der Waals surface area (Å²) in [6.07, 6.45) is 10.4. The molecule has 0 saturated heterocycles. The minimum atomic E-state index is 0.634. The molecule has 90 valence electrons. The highest BCUT2D eigenvalue weighted by molar-refractivity contribution is 4.97. The molecule has 0 aliphatic heterocycles. The van der Waals surface area contributed by atoms with Gasteiger partial charge in [0.15, 0.2) is 0 Å². The highest BCUT2D eigenvalue weighted by atomic mass is 15.0. The molecule has 1 aromatic heterocycles. The van der Waals surface area contributed by atoms with Crippen LogP contribution in [0, 0.1) is 5.92 Å². The minimum Gasteiger partial charge on any atom is -0.338 e. The van der Waals surface area contributed by atoms with E-state index < -0.39 is 0 Å². The quantitative estimate of drug-likeness (QED) is 0.797. The lowest BCUT2D eigenvalue weighted by Crippen LogP contribution is -2.42. The molecule has 16 heavy (non-hydrogen) atoms. The van der Waals surface area contributed by atoms with E-state index in [1.165, 1.54) is 31.5 Å². The number of imidazole rings is 1. The van der Waals surface area contributed by atoms with Gasteiger partial charge in [-0.25, -0.2) is 4.98 Å². The van der Waals surface area contributed by atoms with E-state index in [4.69, 9.17) is 0 Å². The number of nitrogens with one attached hydrogen (secondary N) is 1. The minimum absolute atomic E-state index is 0.634. The summed E-state index contributed by atoms with van der Waals surface area (Å²) < 4.78 is 2.14. The average Bonchev–Trinajstić information content (AvgIpc) is 2.58. The zero-order chi connectivity index (χ0) is 11.4. The van der Waals surface area contributed by atoms with E-state index in [9.17, 15) is 0 Å². The third-order valence-corrected chi connectivity index (χ3v) is 3.70. The number of aryl methyl sites for hydroxylation is 1. The monoisotopic (exact) mass is 221 g/mol. The van der Waals surface area contributed by atoms with E-state index in [0.717, 1.165) is 18.9 Å². The molecule has 1 aliphatic carbocycles. The molecule has 0 amide bonds. The van der Waals surface area contributed by atoms with Crippen LogP contribution >= 0.6 is 0 Å². The molecule has 1 N–H and O–H groups in total. The van der Waals surface area contributed by atoms with E-state index in [0.29, 0.717) is 6.04 Å². The normalized spacial score (nSPS) is 18.4. The molecule has 3 nitrogen and oxygen atoms in total. The molecule has 1 aromatic rings. The van der Waals surface area contributed by atoms with Gasteiger partial charge in [0.05, 0.1) is 0 Å². The topological polar surface area (TPSA) is 29.9 Å². The van der Waals surface area contributed by atoms with Crippen molar-refractivity contribution >= 4 is 0 Å². The Kier molecular flexibility index (Phi) is 3.99. The Morgan fingerprint density at radius 3 is 2.88 bits per heavy atom. The Hall–Kier alpha value is -0.830. The van der Waals surface area contributed by atoms with E-state index >= 15 is 0 Å². The van der Waals surface area contributed by atoms with Crippen molar-refractivity contribution in [1.29, 1.82) is 0 Å². The fourth-order valence-electron chi connectivity index (χ4n) is 2.37. The molecule has 2 rings (SSSR count). The van der Waals surface area contributed by atoms with Crippen molar-refractivity contribution in [1.82, 2.24) is 14.9 Å². The lowest BCUT2D eigenvalue weighted by atomic mass is 9.78. The SMILES string of the molecule is CCCNC(Cc1nccn1C)C1CCC1. The van der Waals surface area contributed by atoms with Crippen molar-refractivity contribution in [3.8, 4) is 0 Å². The van der Waals surface area contributed by atoms with Gasteiger partial charge in [-0.05, 0) is 31.7 Å². The van der Waals surface area contributed by atoms with Gasteiger partial charge >= 0.3 is 0 Å². The van der Waals surface area contributed by atoms with Gasteiger partial charge in [0, 0.05) is 31.9 Å². The van der Waals surface area contributed by atoms with Crippen LogP contribution in [0.15, 0.2) is 12.4 Å². The molecule has 1 aliphatic rings. The maximum absolute atomic E-state index is 4.43. The lowest BCUT2D eigenvalue weighted by Gasteiger charge is -2.34. The summed E-state index contributed by atoms with van der Waals surface area (Å²) in [6.45, 7) is 3.36. The Bertz CT molecular complexity index is 315. The van der Waals surface area contributed by atoms with Gasteiger partial charge in [-0.15, -0.1) is 0 Å². The molecule has 1 atom stereocenters. The summed E-state index contributed by atoms with van der Waals surface area (Å²) >= 11 is 0. The summed E-state index contributed by atoms with van der Waals surface area (Å²) in [7, 11) is 2.08. The summed E-state index contributed by atoms with van der Waals surface area (Å²) in [4.78, 5) is 4.43. The molecule has 1 heterocycles. The van der Waals surface area contributed by atoms with Gasteiger partial charge in [0.2, 0.25) is 0 Å². The van der Waals surface area contributed by atoms with E-state index in [-0.39, 0.29) is 0 Å². The van der Waals surface area contributed by atoms with E-state index in [1.807, 2.05) is 12.4 Å². The Morgan fingerprint density at radius 2 is 2.38 bits per heavy atom. The van der Waals surface area contributed by atoms with Crippen LogP contribution in [0.4, 0.5) is 0 Å². The summed E-state index contributed by atoms with van der Waals surface area (Å²) in [5, 5.41) is 3.68. The van der Waals surface area contributed by atoms with E-state index in [2.05, 4.69) is 28.8 Å². The number of hydrogen-bond acceptors (Lipinski definition) is 2. The van der Waals surface area contributed by atoms with Crippen LogP contribution in [0.5, 0.6) is 0 Å². The van der Waals surface area contributed by atoms with Crippen LogP contribution in [0.1, 0.15) is 38.4 Å². The second kappa shape index (κ2) is 5.48. The van der Waals surface area contributed by atoms with Crippen molar-refractivity contribution in [2.45, 2.75) is 45.1 Å². The molecule has 1 fully saturated rings. The molecular formula is C13H23N3. The summed E-state index contributed by atoms with van der Waals surface area (Å²) in [6, 6.07) is 0.634. The Balaban J connectivity index is 1.93. The van der Waals surface area contributed by atoms with Crippen molar-refractivity contribution in [2.75, 3.05) is 6.54 Å². The average molecular weight is 221 g/mol. The number of aromatic nitrogens is 2. The predicted molar refractivity (Wildman–Crippen MR) is 66.3 cm³/mol. The second-order valence-electron chi connectivity index (χ2n) is 4.91. The molecular weight excluding hydrogens is 198 g/mol. The predicted octanol–water partition coefficient (Wildman–Crippen LogP) is 2.13. The van der Waals surface area contributed by atoms with Crippen molar-refractivity contribution in [3.63, 3.8) is 0 Å². The van der Waals surface area contributed by atoms with Gasteiger partial charge in [-0.1, -0.05) is 13.3 Å². The van der Waals surface area contributed by atoms with Crippen LogP contribution in [0.2, 0.25) is 0 Å². The van der Waals surface area contributed by atoms with Gasteiger partial charge in [-0.2, -0.15) is 0 Å². The van der Waals surface area contributed by atoms with E-state index in [1.54, 1.807) is 0 Å². The molecule has 0 spiro atoms. The third kappa shape index (κ3) is 2.64. The summed E-state index contributed by atoms with van der Waals surface area (Å²) in [5.74, 6) is 2.09. The Labute approximate surface area is 98.3 Å². The van der Waals surface area contributed by atoms with Crippen molar-refractivity contribution < 1.29 is 0 Å². The van der Waals surface area contributed by atoms with Crippen LogP contribution in [0.25, 0.3) is 0 Å². The lowest BCUT2D eigenvalue weighted by molar-refractivity contribution is 0.225. The van der Waals surface area contributed by atoms with Crippen LogP contribution in [0.3, 0.4) is 0 Å². The van der Waals surface area contributed by atoms with Gasteiger partial charge in [0.1, 0.15) is 5.82 Å². The molecule has 1 saturated carbocycles. The standard InChI is InChI=1S/C13H23N3/c1-3-7-14-12(11-5-4-6-11)10-13-15-8-9-16(13)2/h8-9,11-12,14H,3-7,10H2,1-2H3. The fourth-order valence-corrected chi connectivity index (χ4v) is 2.37. The first kappa shape index (κ1) is 11.6. The molecule has 0 aromatic carbocycles. The zero-order valence-electron chi connectivity index (χ0n) is 10.4. The number of rotatable bonds is 6. The second-order valence-corrected chi connectivity index (χ2v) is 4.91. The first-order chi connectivity index (χ1) is 7.81. The molecule has 0 radical (unpaired) electrons. The Morgan fingerprint density at radius 1 is 1.56 bits per heavy atom. The van der Waals surface area contributed by atoms with Crippen LogP contribution in [-0.2, 0) is 13.5 Å². The van der Waals surface area contributed by atoms with Gasteiger partial charge < -0.3 is 9.88 Å².